The molecule has 2 unspecified atom stereocenters. The van der Waals surface area contributed by atoms with Crippen molar-refractivity contribution < 1.29 is 27.9 Å². The van der Waals surface area contributed by atoms with E-state index in [1.165, 1.54) is 35.1 Å². The van der Waals surface area contributed by atoms with Crippen molar-refractivity contribution in [3.05, 3.63) is 93.0 Å². The van der Waals surface area contributed by atoms with Crippen LogP contribution in [0.5, 0.6) is 5.75 Å². The molecule has 3 amide bonds. The van der Waals surface area contributed by atoms with Crippen LogP contribution in [0, 0.1) is 11.7 Å². The fraction of sp³-hybridized carbons (Fsp3) is 0.185. The highest BCUT2D eigenvalue weighted by atomic mass is 32.2. The average molecular weight is 566 g/mol. The lowest BCUT2D eigenvalue weighted by Crippen LogP contribution is -2.32. The Balaban J connectivity index is 1.35. The Morgan fingerprint density at radius 3 is 2.46 bits per heavy atom. The van der Waals surface area contributed by atoms with Crippen molar-refractivity contribution in [2.45, 2.75) is 22.7 Å². The Morgan fingerprint density at radius 2 is 1.79 bits per heavy atom. The largest absolute Gasteiger partial charge is 0.497 e. The van der Waals surface area contributed by atoms with E-state index < -0.39 is 40.6 Å². The van der Waals surface area contributed by atoms with Gasteiger partial charge >= 0.3 is 4.87 Å². The van der Waals surface area contributed by atoms with Gasteiger partial charge in [-0.15, -0.1) is 0 Å². The molecule has 1 N–H and O–H groups in total. The number of halogens is 1. The van der Waals surface area contributed by atoms with E-state index in [-0.39, 0.29) is 17.1 Å². The van der Waals surface area contributed by atoms with Crippen molar-refractivity contribution in [1.29, 1.82) is 0 Å². The number of amides is 3. The summed E-state index contributed by atoms with van der Waals surface area (Å²) in [7, 11) is 1.54. The molecule has 198 valence electrons. The van der Waals surface area contributed by atoms with Crippen LogP contribution in [0.4, 0.5) is 15.8 Å². The Labute approximate surface area is 229 Å². The van der Waals surface area contributed by atoms with Crippen molar-refractivity contribution in [1.82, 2.24) is 4.57 Å². The number of methoxy groups -OCH3 is 1. The second kappa shape index (κ2) is 9.86. The third-order valence-corrected chi connectivity index (χ3v) is 9.26. The van der Waals surface area contributed by atoms with E-state index in [4.69, 9.17) is 9.15 Å². The standard InChI is InChI=1S/C27H20FN3O6S2/c1-36-17-10-6-15(7-11-17)29-19(32)13-30-26-23(39-27(30)35)20(18-3-2-12-37-18)21-22(38-26)25(34)31(24(21)33)16-8-4-14(28)5-9-16/h2-12,20-22H,13H2,1H3,(H,29,32)/t20-,21?,22?/m1/s1. The van der Waals surface area contributed by atoms with Crippen LogP contribution < -0.4 is 19.8 Å². The molecule has 3 atom stereocenters. The topological polar surface area (TPSA) is 111 Å². The SMILES string of the molecule is COc1ccc(NC(=O)Cn2c3c(sc2=O)[C@H](c2ccco2)C2C(=O)N(c4ccc(F)cc4)C(=O)C2S3)cc1. The average Bonchev–Trinajstić information content (AvgIpc) is 3.63. The first kappa shape index (κ1) is 25.1. The summed E-state index contributed by atoms with van der Waals surface area (Å²) in [5.41, 5.74) is 0.796. The number of furan rings is 1. The molecule has 4 aromatic rings. The van der Waals surface area contributed by atoms with E-state index >= 15 is 0 Å². The van der Waals surface area contributed by atoms with Gasteiger partial charge in [0.15, 0.2) is 0 Å². The first-order valence-electron chi connectivity index (χ1n) is 11.9. The van der Waals surface area contributed by atoms with Crippen LogP contribution in [0.15, 0.2) is 81.2 Å². The molecule has 0 bridgehead atoms. The molecule has 12 heteroatoms. The van der Waals surface area contributed by atoms with E-state index in [9.17, 15) is 23.6 Å². The maximum atomic E-state index is 13.7. The minimum Gasteiger partial charge on any atom is -0.497 e. The molecule has 2 aromatic carbocycles. The Kier molecular flexibility index (Phi) is 6.35. The van der Waals surface area contributed by atoms with Gasteiger partial charge in [0.05, 0.1) is 40.8 Å². The first-order chi connectivity index (χ1) is 18.9. The minimum absolute atomic E-state index is 0.263. The van der Waals surface area contributed by atoms with Gasteiger partial charge in [0.25, 0.3) is 0 Å². The molecule has 6 rings (SSSR count). The van der Waals surface area contributed by atoms with Gasteiger partial charge in [-0.3, -0.25) is 23.7 Å². The van der Waals surface area contributed by atoms with Crippen LogP contribution >= 0.6 is 23.1 Å². The van der Waals surface area contributed by atoms with Crippen molar-refractivity contribution in [3.63, 3.8) is 0 Å². The first-order valence-corrected chi connectivity index (χ1v) is 13.6. The molecule has 4 heterocycles. The highest BCUT2D eigenvalue weighted by Crippen LogP contribution is 2.53. The van der Waals surface area contributed by atoms with Crippen LogP contribution in [0.1, 0.15) is 16.6 Å². The second-order valence-electron chi connectivity index (χ2n) is 8.95. The van der Waals surface area contributed by atoms with E-state index in [1.54, 1.807) is 43.5 Å². The summed E-state index contributed by atoms with van der Waals surface area (Å²) >= 11 is 2.02. The molecular weight excluding hydrogens is 545 g/mol. The van der Waals surface area contributed by atoms with Crippen LogP contribution in [-0.4, -0.2) is 34.6 Å². The number of aromatic nitrogens is 1. The van der Waals surface area contributed by atoms with Gasteiger partial charge in [0, 0.05) is 5.69 Å². The fourth-order valence-electron chi connectivity index (χ4n) is 4.89. The lowest BCUT2D eigenvalue weighted by atomic mass is 9.87. The van der Waals surface area contributed by atoms with Crippen LogP contribution in [-0.2, 0) is 20.9 Å². The molecule has 0 spiro atoms. The quantitative estimate of drug-likeness (QED) is 0.351. The molecule has 9 nitrogen and oxygen atoms in total. The molecule has 2 aromatic heterocycles. The Morgan fingerprint density at radius 1 is 1.05 bits per heavy atom. The maximum Gasteiger partial charge on any atom is 0.308 e. The zero-order valence-electron chi connectivity index (χ0n) is 20.3. The van der Waals surface area contributed by atoms with Crippen molar-refractivity contribution in [3.8, 4) is 5.75 Å². The molecule has 0 saturated carbocycles. The number of thiazole rings is 1. The van der Waals surface area contributed by atoms with Crippen molar-refractivity contribution in [2.24, 2.45) is 5.92 Å². The predicted molar refractivity (Wildman–Crippen MR) is 143 cm³/mol. The van der Waals surface area contributed by atoms with E-state index in [1.807, 2.05) is 0 Å². The zero-order chi connectivity index (χ0) is 27.3. The van der Waals surface area contributed by atoms with Gasteiger partial charge in [-0.05, 0) is 60.7 Å². The van der Waals surface area contributed by atoms with Gasteiger partial charge in [0.2, 0.25) is 17.7 Å². The van der Waals surface area contributed by atoms with E-state index in [0.717, 1.165) is 28.0 Å². The summed E-state index contributed by atoms with van der Waals surface area (Å²) in [5, 5.41) is 2.34. The van der Waals surface area contributed by atoms with Crippen molar-refractivity contribution >= 4 is 52.2 Å². The van der Waals surface area contributed by atoms with E-state index in [0.29, 0.717) is 27.1 Å². The predicted octanol–water partition coefficient (Wildman–Crippen LogP) is 4.09. The number of benzene rings is 2. The third kappa shape index (κ3) is 4.35. The molecule has 2 aliphatic rings. The highest BCUT2D eigenvalue weighted by Gasteiger charge is 2.57. The molecule has 2 aliphatic heterocycles. The smallest absolute Gasteiger partial charge is 0.308 e. The molecule has 0 aliphatic carbocycles. The summed E-state index contributed by atoms with van der Waals surface area (Å²) in [6, 6.07) is 15.3. The number of nitrogens with zero attached hydrogens (tertiary/aromatic N) is 2. The van der Waals surface area contributed by atoms with Crippen LogP contribution in [0.25, 0.3) is 0 Å². The number of imide groups is 1. The number of carbonyl (C=O) groups is 3. The van der Waals surface area contributed by atoms with Crippen molar-refractivity contribution in [2.75, 3.05) is 17.3 Å². The lowest BCUT2D eigenvalue weighted by molar-refractivity contribution is -0.122. The number of hydrogen-bond donors (Lipinski definition) is 1. The van der Waals surface area contributed by atoms with Gasteiger partial charge in [-0.2, -0.15) is 0 Å². The normalized spacial score (nSPS) is 20.1. The number of hydrogen-bond acceptors (Lipinski definition) is 8. The molecule has 1 fully saturated rings. The second-order valence-corrected chi connectivity index (χ2v) is 11.1. The summed E-state index contributed by atoms with van der Waals surface area (Å²) in [4.78, 5) is 54.5. The van der Waals surface area contributed by atoms with Gasteiger partial charge in [-0.25, -0.2) is 9.29 Å². The van der Waals surface area contributed by atoms with Gasteiger partial charge in [-0.1, -0.05) is 23.1 Å². The summed E-state index contributed by atoms with van der Waals surface area (Å²) in [5.74, 6) is -2.32. The number of anilines is 2. The molecular formula is C27H20FN3O6S2. The Bertz CT molecular complexity index is 1630. The number of rotatable bonds is 6. The fourth-order valence-corrected chi connectivity index (χ4v) is 7.65. The number of nitrogens with one attached hydrogen (secondary N) is 1. The monoisotopic (exact) mass is 565 g/mol. The molecule has 0 radical (unpaired) electrons. The van der Waals surface area contributed by atoms with E-state index in [2.05, 4.69) is 5.32 Å². The number of fused-ring (bicyclic) bond motifs is 2. The number of thioether (sulfide) groups is 1. The number of ether oxygens (including phenoxy) is 1. The maximum absolute atomic E-state index is 13.7. The van der Waals surface area contributed by atoms with Crippen LogP contribution in [0.2, 0.25) is 0 Å². The molecule has 39 heavy (non-hydrogen) atoms. The minimum atomic E-state index is -0.866. The van der Waals surface area contributed by atoms with Gasteiger partial charge < -0.3 is 14.5 Å². The van der Waals surface area contributed by atoms with Gasteiger partial charge in [0.1, 0.15) is 29.1 Å². The van der Waals surface area contributed by atoms with Crippen LogP contribution in [0.3, 0.4) is 0 Å². The number of carbonyl (C=O) groups excluding carboxylic acids is 3. The molecule has 1 saturated heterocycles. The summed E-state index contributed by atoms with van der Waals surface area (Å²) in [6.45, 7) is -0.282. The third-order valence-electron chi connectivity index (χ3n) is 6.66. The Hall–Kier alpha value is -4.16. The highest BCUT2D eigenvalue weighted by molar-refractivity contribution is 8.00. The summed E-state index contributed by atoms with van der Waals surface area (Å²) < 4.78 is 25.7. The lowest BCUT2D eigenvalue weighted by Gasteiger charge is -2.29. The summed E-state index contributed by atoms with van der Waals surface area (Å²) in [6.07, 6.45) is 1.47. The zero-order valence-corrected chi connectivity index (χ0v) is 22.0.